The van der Waals surface area contributed by atoms with Crippen LogP contribution < -0.4 is 5.32 Å². The smallest absolute Gasteiger partial charge is 0.338 e. The summed E-state index contributed by atoms with van der Waals surface area (Å²) in [6, 6.07) is 13.4. The second kappa shape index (κ2) is 9.35. The monoisotopic (exact) mass is 408 g/mol. The first-order chi connectivity index (χ1) is 14.4. The van der Waals surface area contributed by atoms with E-state index in [0.717, 1.165) is 23.3 Å². The molecular weight excluding hydrogens is 384 g/mol. The number of ether oxygens (including phenoxy) is 1. The maximum atomic E-state index is 12.7. The van der Waals surface area contributed by atoms with Crippen molar-refractivity contribution >= 4 is 23.7 Å². The minimum absolute atomic E-state index is 0.000396. The Labute approximate surface area is 175 Å². The summed E-state index contributed by atoms with van der Waals surface area (Å²) in [6.07, 6.45) is 1.77. The Balaban J connectivity index is 1.65. The fourth-order valence-corrected chi connectivity index (χ4v) is 3.36. The van der Waals surface area contributed by atoms with Crippen LogP contribution in [0.2, 0.25) is 0 Å². The van der Waals surface area contributed by atoms with Gasteiger partial charge < -0.3 is 10.1 Å². The van der Waals surface area contributed by atoms with Crippen molar-refractivity contribution in [3.8, 4) is 0 Å². The van der Waals surface area contributed by atoms with Crippen molar-refractivity contribution in [1.82, 2.24) is 10.2 Å². The zero-order chi connectivity index (χ0) is 21.7. The minimum Gasteiger partial charge on any atom is -0.452 e. The van der Waals surface area contributed by atoms with Gasteiger partial charge in [-0.2, -0.15) is 0 Å². The molecule has 7 heteroatoms. The lowest BCUT2D eigenvalue weighted by molar-refractivity contribution is -0.124. The zero-order valence-electron chi connectivity index (χ0n) is 17.0. The van der Waals surface area contributed by atoms with Crippen molar-refractivity contribution in [1.29, 1.82) is 0 Å². The number of carbonyl (C=O) groups excluding carboxylic acids is 4. The molecule has 3 rings (SSSR count). The average molecular weight is 408 g/mol. The van der Waals surface area contributed by atoms with Crippen LogP contribution in [0.3, 0.4) is 0 Å². The Morgan fingerprint density at radius 3 is 2.43 bits per heavy atom. The molecule has 3 amide bonds. The van der Waals surface area contributed by atoms with Crippen molar-refractivity contribution in [2.75, 3.05) is 6.61 Å². The number of benzene rings is 2. The maximum absolute atomic E-state index is 12.7. The summed E-state index contributed by atoms with van der Waals surface area (Å²) >= 11 is 0. The quantitative estimate of drug-likeness (QED) is 0.536. The van der Waals surface area contributed by atoms with Crippen LogP contribution in [0.1, 0.15) is 63.3 Å². The number of hydrogen-bond donors (Lipinski definition) is 1. The van der Waals surface area contributed by atoms with Gasteiger partial charge >= 0.3 is 5.97 Å². The first-order valence-electron chi connectivity index (χ1n) is 9.91. The molecule has 2 aromatic rings. The van der Waals surface area contributed by atoms with Gasteiger partial charge in [-0.1, -0.05) is 43.7 Å². The summed E-state index contributed by atoms with van der Waals surface area (Å²) in [5, 5.41) is 2.75. The molecule has 1 aliphatic heterocycles. The van der Waals surface area contributed by atoms with E-state index in [1.54, 1.807) is 0 Å². The number of hydrogen-bond acceptors (Lipinski definition) is 5. The SMILES string of the molecule is CCC[C@H](C)NC(=O)COC(=O)c1ccc2c(c1)C(=O)N(Cc1ccccc1)C2=O. The van der Waals surface area contributed by atoms with Gasteiger partial charge in [0.2, 0.25) is 0 Å². The highest BCUT2D eigenvalue weighted by Crippen LogP contribution is 2.26. The normalized spacial score (nSPS) is 13.7. The summed E-state index contributed by atoms with van der Waals surface area (Å²) < 4.78 is 5.05. The lowest BCUT2D eigenvalue weighted by Gasteiger charge is -2.13. The fourth-order valence-electron chi connectivity index (χ4n) is 3.36. The number of carbonyl (C=O) groups is 4. The van der Waals surface area contributed by atoms with Gasteiger partial charge in [-0.05, 0) is 37.1 Å². The van der Waals surface area contributed by atoms with E-state index in [0.29, 0.717) is 0 Å². The number of fused-ring (bicyclic) bond motifs is 1. The molecular formula is C23H24N2O5. The molecule has 0 spiro atoms. The first kappa shape index (κ1) is 21.2. The Kier molecular flexibility index (Phi) is 6.61. The molecule has 156 valence electrons. The molecule has 30 heavy (non-hydrogen) atoms. The van der Waals surface area contributed by atoms with E-state index in [2.05, 4.69) is 5.32 Å². The molecule has 0 fully saturated rings. The average Bonchev–Trinajstić information content (AvgIpc) is 2.97. The first-order valence-corrected chi connectivity index (χ1v) is 9.91. The lowest BCUT2D eigenvalue weighted by atomic mass is 10.1. The van der Waals surface area contributed by atoms with Gasteiger partial charge in [0.25, 0.3) is 17.7 Å². The molecule has 0 aliphatic carbocycles. The highest BCUT2D eigenvalue weighted by Gasteiger charge is 2.36. The number of esters is 1. The molecule has 0 saturated carbocycles. The third-order valence-electron chi connectivity index (χ3n) is 4.85. The molecule has 0 aromatic heterocycles. The van der Waals surface area contributed by atoms with Gasteiger partial charge in [-0.25, -0.2) is 4.79 Å². The molecule has 1 atom stereocenters. The molecule has 7 nitrogen and oxygen atoms in total. The Morgan fingerprint density at radius 2 is 1.73 bits per heavy atom. The summed E-state index contributed by atoms with van der Waals surface area (Å²) in [5.41, 5.74) is 1.35. The predicted molar refractivity (Wildman–Crippen MR) is 110 cm³/mol. The second-order valence-corrected chi connectivity index (χ2v) is 7.28. The van der Waals surface area contributed by atoms with Gasteiger partial charge in [0.1, 0.15) is 0 Å². The van der Waals surface area contributed by atoms with Gasteiger partial charge in [-0.15, -0.1) is 0 Å². The van der Waals surface area contributed by atoms with Crippen LogP contribution in [-0.4, -0.2) is 41.2 Å². The lowest BCUT2D eigenvalue weighted by Crippen LogP contribution is -2.35. The van der Waals surface area contributed by atoms with Gasteiger partial charge in [0.05, 0.1) is 23.2 Å². The highest BCUT2D eigenvalue weighted by molar-refractivity contribution is 6.21. The van der Waals surface area contributed by atoms with Crippen molar-refractivity contribution in [2.24, 2.45) is 0 Å². The maximum Gasteiger partial charge on any atom is 0.338 e. The Morgan fingerprint density at radius 1 is 1.03 bits per heavy atom. The molecule has 1 heterocycles. The van der Waals surface area contributed by atoms with Crippen molar-refractivity contribution in [3.63, 3.8) is 0 Å². The fraction of sp³-hybridized carbons (Fsp3) is 0.304. The van der Waals surface area contributed by atoms with Crippen molar-refractivity contribution in [3.05, 3.63) is 70.8 Å². The molecule has 2 aromatic carbocycles. The van der Waals surface area contributed by atoms with Crippen molar-refractivity contribution in [2.45, 2.75) is 39.3 Å². The summed E-state index contributed by atoms with van der Waals surface area (Å²) in [6.45, 7) is 3.65. The van der Waals surface area contributed by atoms with E-state index in [-0.39, 0.29) is 35.2 Å². The van der Waals surface area contributed by atoms with Crippen LogP contribution in [0.5, 0.6) is 0 Å². The van der Waals surface area contributed by atoms with E-state index >= 15 is 0 Å². The molecule has 0 saturated heterocycles. The van der Waals surface area contributed by atoms with Crippen LogP contribution in [0, 0.1) is 0 Å². The number of nitrogens with one attached hydrogen (secondary N) is 1. The highest BCUT2D eigenvalue weighted by atomic mass is 16.5. The van der Waals surface area contributed by atoms with E-state index < -0.39 is 24.4 Å². The predicted octanol–water partition coefficient (Wildman–Crippen LogP) is 2.94. The molecule has 0 bridgehead atoms. The van der Waals surface area contributed by atoms with E-state index in [9.17, 15) is 19.2 Å². The van der Waals surface area contributed by atoms with E-state index in [4.69, 9.17) is 4.74 Å². The minimum atomic E-state index is -0.724. The number of imide groups is 1. The zero-order valence-corrected chi connectivity index (χ0v) is 17.0. The summed E-state index contributed by atoms with van der Waals surface area (Å²) in [4.78, 5) is 50.7. The van der Waals surface area contributed by atoms with E-state index in [1.807, 2.05) is 44.2 Å². The largest absolute Gasteiger partial charge is 0.452 e. The summed E-state index contributed by atoms with van der Waals surface area (Å²) in [5.74, 6) is -1.97. The summed E-state index contributed by atoms with van der Waals surface area (Å²) in [7, 11) is 0. The Bertz CT molecular complexity index is 971. The molecule has 1 aliphatic rings. The van der Waals surface area contributed by atoms with E-state index in [1.165, 1.54) is 18.2 Å². The number of amides is 3. The topological polar surface area (TPSA) is 92.8 Å². The molecule has 0 unspecified atom stereocenters. The van der Waals surface area contributed by atoms with Crippen LogP contribution >= 0.6 is 0 Å². The Hall–Kier alpha value is -3.48. The third-order valence-corrected chi connectivity index (χ3v) is 4.85. The van der Waals surface area contributed by atoms with Crippen LogP contribution in [0.15, 0.2) is 48.5 Å². The number of rotatable bonds is 8. The molecule has 0 radical (unpaired) electrons. The van der Waals surface area contributed by atoms with Crippen LogP contribution in [-0.2, 0) is 16.1 Å². The third kappa shape index (κ3) is 4.74. The van der Waals surface area contributed by atoms with Crippen LogP contribution in [0.4, 0.5) is 0 Å². The van der Waals surface area contributed by atoms with Gasteiger partial charge in [0, 0.05) is 6.04 Å². The standard InChI is InChI=1S/C23H24N2O5/c1-3-7-15(2)24-20(26)14-30-23(29)17-10-11-18-19(12-17)22(28)25(21(18)27)13-16-8-5-4-6-9-16/h4-6,8-12,15H,3,7,13-14H2,1-2H3,(H,24,26)/t15-/m0/s1. The van der Waals surface area contributed by atoms with Gasteiger partial charge in [-0.3, -0.25) is 19.3 Å². The number of nitrogens with zero attached hydrogens (tertiary/aromatic N) is 1. The van der Waals surface area contributed by atoms with Crippen LogP contribution in [0.25, 0.3) is 0 Å². The van der Waals surface area contributed by atoms with Crippen molar-refractivity contribution < 1.29 is 23.9 Å². The second-order valence-electron chi connectivity index (χ2n) is 7.28. The van der Waals surface area contributed by atoms with Gasteiger partial charge in [0.15, 0.2) is 6.61 Å². The molecule has 1 N–H and O–H groups in total.